The third kappa shape index (κ3) is 8.09. The molecular weight excluding hydrogens is 917 g/mol. The molecule has 6 fully saturated rings. The highest BCUT2D eigenvalue weighted by Gasteiger charge is 2.75. The molecule has 14 N–H and O–H groups in total. The van der Waals surface area contributed by atoms with Gasteiger partial charge < -0.3 is 76.5 Å². The van der Waals surface area contributed by atoms with Crippen LogP contribution in [0.3, 0.4) is 0 Å². The topological polar surface area (TPSA) is 330 Å². The molecule has 19 nitrogen and oxygen atoms in total. The number of amides is 1. The summed E-state index contributed by atoms with van der Waals surface area (Å²) >= 11 is 0. The molecule has 0 spiro atoms. The molecule has 7 aliphatic rings. The number of rotatable bonds is 15. The van der Waals surface area contributed by atoms with Gasteiger partial charge in [-0.05, 0) is 128 Å². The Bertz CT molecular complexity index is 2250. The molecule has 0 bridgehead atoms. The smallest absolute Gasteiger partial charge is 0.310 e. The van der Waals surface area contributed by atoms with E-state index in [1.807, 2.05) is 6.92 Å². The summed E-state index contributed by atoms with van der Waals surface area (Å²) < 4.78 is 12.5. The molecule has 71 heavy (non-hydrogen) atoms. The van der Waals surface area contributed by atoms with Crippen LogP contribution in [-0.2, 0) is 25.5 Å². The van der Waals surface area contributed by atoms with Crippen LogP contribution in [0.1, 0.15) is 116 Å². The van der Waals surface area contributed by atoms with Gasteiger partial charge in [0.2, 0.25) is 5.91 Å². The van der Waals surface area contributed by atoms with Gasteiger partial charge in [0.1, 0.15) is 24.5 Å². The van der Waals surface area contributed by atoms with Gasteiger partial charge in [-0.2, -0.15) is 0 Å². The van der Waals surface area contributed by atoms with Crippen molar-refractivity contribution in [3.05, 3.63) is 48.1 Å². The zero-order valence-corrected chi connectivity index (χ0v) is 41.9. The Balaban J connectivity index is 1.21. The summed E-state index contributed by atoms with van der Waals surface area (Å²) in [5.74, 6) is -4.95. The lowest BCUT2D eigenvalue weighted by Gasteiger charge is -2.74. The van der Waals surface area contributed by atoms with Crippen molar-refractivity contribution in [3.63, 3.8) is 0 Å². The molecule has 396 valence electrons. The lowest BCUT2D eigenvalue weighted by atomic mass is 9.30. The van der Waals surface area contributed by atoms with Crippen LogP contribution in [0.25, 0.3) is 0 Å². The first kappa shape index (κ1) is 52.5. The van der Waals surface area contributed by atoms with Crippen LogP contribution in [-0.4, -0.2) is 153 Å². The molecule has 0 radical (unpaired) electrons. The van der Waals surface area contributed by atoms with Gasteiger partial charge >= 0.3 is 5.97 Å². The van der Waals surface area contributed by atoms with Crippen LogP contribution in [0.4, 0.5) is 0 Å². The molecule has 2 aromatic heterocycles. The zero-order chi connectivity index (χ0) is 51.2. The van der Waals surface area contributed by atoms with Crippen molar-refractivity contribution in [1.82, 2.24) is 25.3 Å². The summed E-state index contributed by atoms with van der Waals surface area (Å²) in [7, 11) is 0. The lowest BCUT2D eigenvalue weighted by Crippen LogP contribution is -2.73. The number of aliphatic hydroxyl groups excluding tert-OH is 8. The molecule has 2 saturated heterocycles. The number of aliphatic carboxylic acids is 1. The molecule has 1 amide bonds. The number of ether oxygens (including phenoxy) is 2. The summed E-state index contributed by atoms with van der Waals surface area (Å²) in [6.45, 7) is 9.48. The summed E-state index contributed by atoms with van der Waals surface area (Å²) in [6.07, 6.45) is 4.01. The summed E-state index contributed by atoms with van der Waals surface area (Å²) in [4.78, 5) is 43.2. The number of carboxylic acid groups (broad SMARTS) is 1. The Labute approximate surface area is 415 Å². The number of carboxylic acids is 1. The largest absolute Gasteiger partial charge is 0.481 e. The first-order valence-corrected chi connectivity index (χ1v) is 26.0. The van der Waals surface area contributed by atoms with E-state index in [2.05, 4.69) is 59.0 Å². The number of aromatic nitrogens is 4. The van der Waals surface area contributed by atoms with Gasteiger partial charge in [0.15, 0.2) is 6.29 Å². The standard InChI is InChI=1S/C52H80N6O13/c1-47(22-60)12-13-52(46(68)69)16-26(14-27-18-54-24-56-27)51(5)31(33(52)17-47)7-8-37-49(51,3)11-10-36-48(2,23-61)43(71-45-42(66)41(65)35(62)21-70-45)40(64)32(50(36,37)4)15-29-30(20-59)44(67)58-39(29)28(6-9-38(53)63)34-19-55-25-57-34/h7,18-19,24-26,28-30,32-33,35-43,45,59-66H,6,8-17,20-23,53H2,1-5H3,(H,54,56)(H,55,57)(H,58,67)(H,68,69)/t26-,28-,29-,30-,32-,33+,35-,36-,37+,38+,39+,40-,41+,42-,43-,45+,47+,48+,49-,50+,51-,52+/m1/s1. The molecule has 5 aliphatic carbocycles. The maximum absolute atomic E-state index is 14.1. The third-order valence-electron chi connectivity index (χ3n) is 21.3. The Morgan fingerprint density at radius 2 is 1.66 bits per heavy atom. The number of carbonyl (C=O) groups is 2. The Morgan fingerprint density at radius 1 is 0.930 bits per heavy atom. The second-order valence-electron chi connectivity index (χ2n) is 24.4. The molecule has 0 unspecified atom stereocenters. The first-order valence-electron chi connectivity index (χ1n) is 26.0. The molecule has 9 rings (SSSR count). The van der Waals surface area contributed by atoms with E-state index in [0.29, 0.717) is 63.5 Å². The monoisotopic (exact) mass is 997 g/mol. The number of aliphatic hydroxyl groups is 8. The SMILES string of the molecule is C[C@]1(CO)CC[C@]2(C(=O)O)C[C@@H](Cc3cnc[nH]3)[C@]3(C)C(=CC[C@@H]4[C@@]5(C)[C@H](C[C@H]6[C@H]([C@H](CC[C@@H](N)O)c7cnc[nH]7)NC(=O)[C@@H]6CO)[C@@H](O)[C@@H](O[C@@H]6OC[C@@H](O)[C@H](O)[C@H]6O)[C@@](C)(CO)[C@H]5CC[C@]43C)[C@@H]2C1. The van der Waals surface area contributed by atoms with E-state index >= 15 is 0 Å². The van der Waals surface area contributed by atoms with Gasteiger partial charge in [0, 0.05) is 47.8 Å². The fourth-order valence-electron chi connectivity index (χ4n) is 17.2. The maximum atomic E-state index is 14.1. The first-order chi connectivity index (χ1) is 33.6. The van der Waals surface area contributed by atoms with E-state index in [-0.39, 0.29) is 55.6 Å². The van der Waals surface area contributed by atoms with Gasteiger partial charge in [-0.3, -0.25) is 9.59 Å². The predicted octanol–water partition coefficient (Wildman–Crippen LogP) is 1.71. The Morgan fingerprint density at radius 3 is 2.30 bits per heavy atom. The van der Waals surface area contributed by atoms with E-state index < -0.39 is 124 Å². The third-order valence-corrected chi connectivity index (χ3v) is 21.3. The van der Waals surface area contributed by atoms with Gasteiger partial charge in [0.25, 0.3) is 0 Å². The molecule has 19 heteroatoms. The van der Waals surface area contributed by atoms with Crippen molar-refractivity contribution in [3.8, 4) is 0 Å². The molecule has 2 aliphatic heterocycles. The number of nitrogens with two attached hydrogens (primary N) is 1. The van der Waals surface area contributed by atoms with Gasteiger partial charge in [-0.25, -0.2) is 9.97 Å². The number of aromatic amines is 2. The average molecular weight is 997 g/mol. The number of H-pyrrole nitrogens is 2. The zero-order valence-electron chi connectivity index (χ0n) is 41.9. The molecule has 22 atom stereocenters. The maximum Gasteiger partial charge on any atom is 0.310 e. The van der Waals surface area contributed by atoms with Crippen molar-refractivity contribution in [2.75, 3.05) is 26.4 Å². The van der Waals surface area contributed by atoms with Crippen molar-refractivity contribution < 1.29 is 65.0 Å². The number of hydrogen-bond acceptors (Lipinski definition) is 15. The molecule has 4 saturated carbocycles. The number of fused-ring (bicyclic) bond motifs is 7. The second kappa shape index (κ2) is 19.1. The summed E-state index contributed by atoms with van der Waals surface area (Å²) in [6, 6.07) is -0.613. The van der Waals surface area contributed by atoms with E-state index in [4.69, 9.17) is 15.2 Å². The van der Waals surface area contributed by atoms with Crippen LogP contribution in [0.15, 0.2) is 36.7 Å². The fraction of sp³-hybridized carbons (Fsp3) is 0.808. The highest BCUT2D eigenvalue weighted by Crippen LogP contribution is 2.78. The van der Waals surface area contributed by atoms with Crippen molar-refractivity contribution >= 4 is 11.9 Å². The number of imidazole rings is 2. The van der Waals surface area contributed by atoms with Crippen LogP contribution in [0.2, 0.25) is 0 Å². The van der Waals surface area contributed by atoms with E-state index in [0.717, 1.165) is 11.3 Å². The van der Waals surface area contributed by atoms with Crippen molar-refractivity contribution in [2.45, 2.75) is 160 Å². The van der Waals surface area contributed by atoms with Gasteiger partial charge in [0.05, 0.1) is 56.0 Å². The van der Waals surface area contributed by atoms with E-state index in [1.54, 1.807) is 25.0 Å². The lowest BCUT2D eigenvalue weighted by molar-refractivity contribution is -0.341. The van der Waals surface area contributed by atoms with Crippen LogP contribution >= 0.6 is 0 Å². The van der Waals surface area contributed by atoms with Crippen molar-refractivity contribution in [1.29, 1.82) is 0 Å². The summed E-state index contributed by atoms with van der Waals surface area (Å²) in [5.41, 5.74) is 3.82. The van der Waals surface area contributed by atoms with Crippen LogP contribution < -0.4 is 11.1 Å². The Hall–Kier alpha value is -3.34. The molecule has 2 aromatic rings. The Kier molecular flexibility index (Phi) is 14.1. The number of nitrogens with zero attached hydrogens (tertiary/aromatic N) is 2. The quantitative estimate of drug-likeness (QED) is 0.0686. The summed E-state index contributed by atoms with van der Waals surface area (Å²) in [5, 5.41) is 105. The van der Waals surface area contributed by atoms with Gasteiger partial charge in [-0.1, -0.05) is 46.3 Å². The number of hydrogen-bond donors (Lipinski definition) is 13. The van der Waals surface area contributed by atoms with Crippen molar-refractivity contribution in [2.24, 2.45) is 79.6 Å². The fourth-order valence-corrected chi connectivity index (χ4v) is 17.2. The minimum atomic E-state index is -1.69. The highest BCUT2D eigenvalue weighted by molar-refractivity contribution is 5.82. The second-order valence-corrected chi connectivity index (χ2v) is 24.4. The molecule has 4 heterocycles. The van der Waals surface area contributed by atoms with E-state index in [9.17, 15) is 55.5 Å². The van der Waals surface area contributed by atoms with Gasteiger partial charge in [-0.15, -0.1) is 0 Å². The predicted molar refractivity (Wildman–Crippen MR) is 255 cm³/mol. The number of carbonyl (C=O) groups excluding carboxylic acids is 1. The number of allylic oxidation sites excluding steroid dienone is 2. The average Bonchev–Trinajstić information content (AvgIpc) is 4.13. The van der Waals surface area contributed by atoms with Crippen LogP contribution in [0, 0.1) is 73.9 Å². The van der Waals surface area contributed by atoms with E-state index in [1.165, 1.54) is 0 Å². The number of nitrogens with one attached hydrogen (secondary N) is 3. The molecular formula is C52H80N6O13. The minimum Gasteiger partial charge on any atom is -0.481 e. The normalized spacial score (nSPS) is 47.2. The molecule has 0 aromatic carbocycles. The highest BCUT2D eigenvalue weighted by atomic mass is 16.7. The minimum absolute atomic E-state index is 0.0617. The van der Waals surface area contributed by atoms with Crippen LogP contribution in [0.5, 0.6) is 0 Å².